The van der Waals surface area contributed by atoms with E-state index in [1.807, 2.05) is 31.2 Å². The van der Waals surface area contributed by atoms with Crippen molar-refractivity contribution in [3.63, 3.8) is 0 Å². The standard InChI is InChI=1S/C25H29F2NO5/c1-3-32-20-8-6-19(7-9-20)25(12-14-31-15-13-25)17-28-23(29)11-5-18-4-10-21(33-24(26)27)22(16-18)30-2/h4-11,16,24H,3,12-15,17H2,1-2H3,(H,28,29). The Labute approximate surface area is 192 Å². The van der Waals surface area contributed by atoms with Gasteiger partial charge in [0.1, 0.15) is 5.75 Å². The molecule has 0 bridgehead atoms. The average molecular weight is 462 g/mol. The molecule has 0 saturated carbocycles. The predicted molar refractivity (Wildman–Crippen MR) is 121 cm³/mol. The van der Waals surface area contributed by atoms with Crippen LogP contribution in [0.1, 0.15) is 30.9 Å². The van der Waals surface area contributed by atoms with Gasteiger partial charge in [-0.3, -0.25) is 4.79 Å². The summed E-state index contributed by atoms with van der Waals surface area (Å²) >= 11 is 0. The number of hydrogen-bond donors (Lipinski definition) is 1. The van der Waals surface area contributed by atoms with Crippen LogP contribution in [0.3, 0.4) is 0 Å². The van der Waals surface area contributed by atoms with Gasteiger partial charge in [0.2, 0.25) is 5.91 Å². The summed E-state index contributed by atoms with van der Waals surface area (Å²) in [4.78, 5) is 12.5. The molecule has 1 N–H and O–H groups in total. The van der Waals surface area contributed by atoms with Gasteiger partial charge >= 0.3 is 6.61 Å². The summed E-state index contributed by atoms with van der Waals surface area (Å²) in [5.41, 5.74) is 1.54. The van der Waals surface area contributed by atoms with Crippen LogP contribution in [0.5, 0.6) is 17.2 Å². The van der Waals surface area contributed by atoms with E-state index in [0.717, 1.165) is 24.2 Å². The second-order valence-electron chi connectivity index (χ2n) is 7.69. The van der Waals surface area contributed by atoms with Crippen molar-refractivity contribution in [3.05, 3.63) is 59.7 Å². The molecule has 0 unspecified atom stereocenters. The first-order valence-electron chi connectivity index (χ1n) is 10.9. The van der Waals surface area contributed by atoms with Crippen LogP contribution < -0.4 is 19.5 Å². The van der Waals surface area contributed by atoms with E-state index in [2.05, 4.69) is 10.1 Å². The predicted octanol–water partition coefficient (Wildman–Crippen LogP) is 4.57. The molecule has 3 rings (SSSR count). The molecule has 1 heterocycles. The third kappa shape index (κ3) is 6.68. The molecule has 2 aromatic rings. The number of alkyl halides is 2. The number of rotatable bonds is 10. The van der Waals surface area contributed by atoms with Gasteiger partial charge in [-0.25, -0.2) is 0 Å². The Kier molecular flexibility index (Phi) is 8.65. The van der Waals surface area contributed by atoms with E-state index in [1.165, 1.54) is 25.3 Å². The molecule has 0 atom stereocenters. The molecule has 1 amide bonds. The van der Waals surface area contributed by atoms with Crippen molar-refractivity contribution in [2.45, 2.75) is 31.8 Å². The summed E-state index contributed by atoms with van der Waals surface area (Å²) < 4.78 is 45.6. The second-order valence-corrected chi connectivity index (χ2v) is 7.69. The molecule has 33 heavy (non-hydrogen) atoms. The third-order valence-corrected chi connectivity index (χ3v) is 5.66. The van der Waals surface area contributed by atoms with Gasteiger partial charge in [-0.2, -0.15) is 8.78 Å². The number of methoxy groups -OCH3 is 1. The van der Waals surface area contributed by atoms with Crippen LogP contribution in [-0.4, -0.2) is 46.0 Å². The summed E-state index contributed by atoms with van der Waals surface area (Å²) in [5, 5.41) is 3.00. The van der Waals surface area contributed by atoms with Crippen LogP contribution in [0, 0.1) is 0 Å². The van der Waals surface area contributed by atoms with Crippen molar-refractivity contribution >= 4 is 12.0 Å². The van der Waals surface area contributed by atoms with E-state index in [1.54, 1.807) is 12.1 Å². The molecule has 0 aliphatic carbocycles. The van der Waals surface area contributed by atoms with Crippen molar-refractivity contribution in [2.24, 2.45) is 0 Å². The van der Waals surface area contributed by atoms with E-state index in [0.29, 0.717) is 31.9 Å². The van der Waals surface area contributed by atoms with E-state index < -0.39 is 6.61 Å². The van der Waals surface area contributed by atoms with Crippen LogP contribution in [0.2, 0.25) is 0 Å². The summed E-state index contributed by atoms with van der Waals surface area (Å²) in [6.07, 6.45) is 4.60. The Morgan fingerprint density at radius 1 is 1.15 bits per heavy atom. The van der Waals surface area contributed by atoms with Crippen molar-refractivity contribution in [3.8, 4) is 17.2 Å². The van der Waals surface area contributed by atoms with Crippen molar-refractivity contribution in [1.82, 2.24) is 5.32 Å². The minimum Gasteiger partial charge on any atom is -0.494 e. The lowest BCUT2D eigenvalue weighted by Crippen LogP contribution is -2.44. The van der Waals surface area contributed by atoms with Gasteiger partial charge in [0.15, 0.2) is 11.5 Å². The van der Waals surface area contributed by atoms with Gasteiger partial charge in [0.05, 0.1) is 13.7 Å². The molecular formula is C25H29F2NO5. The zero-order valence-corrected chi connectivity index (χ0v) is 18.8. The Balaban J connectivity index is 1.66. The van der Waals surface area contributed by atoms with Crippen LogP contribution in [0.25, 0.3) is 6.08 Å². The first-order chi connectivity index (χ1) is 16.0. The Hall–Kier alpha value is -3.13. The second kappa shape index (κ2) is 11.7. The lowest BCUT2D eigenvalue weighted by atomic mass is 9.74. The minimum absolute atomic E-state index is 0.0640. The molecule has 0 spiro atoms. The zero-order chi connectivity index (χ0) is 23.7. The SMILES string of the molecule is CCOc1ccc(C2(CNC(=O)C=Cc3ccc(OC(F)F)c(OC)c3)CCOCC2)cc1. The Morgan fingerprint density at radius 3 is 2.52 bits per heavy atom. The average Bonchev–Trinajstić information content (AvgIpc) is 2.83. The number of halogens is 2. The summed E-state index contributed by atoms with van der Waals surface area (Å²) in [6, 6.07) is 12.5. The first-order valence-corrected chi connectivity index (χ1v) is 10.9. The fourth-order valence-corrected chi connectivity index (χ4v) is 3.87. The van der Waals surface area contributed by atoms with Gasteiger partial charge < -0.3 is 24.3 Å². The smallest absolute Gasteiger partial charge is 0.387 e. The van der Waals surface area contributed by atoms with Crippen molar-refractivity contribution in [1.29, 1.82) is 0 Å². The van der Waals surface area contributed by atoms with Gasteiger partial charge in [-0.15, -0.1) is 0 Å². The third-order valence-electron chi connectivity index (χ3n) is 5.66. The van der Waals surface area contributed by atoms with Gasteiger partial charge in [0.25, 0.3) is 0 Å². The van der Waals surface area contributed by atoms with E-state index in [9.17, 15) is 13.6 Å². The molecule has 178 valence electrons. The van der Waals surface area contributed by atoms with Crippen LogP contribution >= 0.6 is 0 Å². The maximum absolute atomic E-state index is 12.5. The molecule has 0 radical (unpaired) electrons. The summed E-state index contributed by atoms with van der Waals surface area (Å²) in [6.45, 7) is 1.33. The number of amides is 1. The van der Waals surface area contributed by atoms with Crippen molar-refractivity contribution in [2.75, 3.05) is 33.5 Å². The lowest BCUT2D eigenvalue weighted by molar-refractivity contribution is -0.116. The van der Waals surface area contributed by atoms with Gasteiger partial charge in [0, 0.05) is 31.2 Å². The molecule has 0 aromatic heterocycles. The Bertz CT molecular complexity index is 940. The number of ether oxygens (including phenoxy) is 4. The normalized spacial score (nSPS) is 15.4. The number of carbonyl (C=O) groups is 1. The van der Waals surface area contributed by atoms with Crippen LogP contribution in [-0.2, 0) is 14.9 Å². The van der Waals surface area contributed by atoms with Crippen LogP contribution in [0.15, 0.2) is 48.5 Å². The molecule has 1 aliphatic heterocycles. The summed E-state index contributed by atoms with van der Waals surface area (Å²) in [7, 11) is 1.36. The number of nitrogens with one attached hydrogen (secondary N) is 1. The molecule has 8 heteroatoms. The Morgan fingerprint density at radius 2 is 1.88 bits per heavy atom. The number of benzene rings is 2. The fraction of sp³-hybridized carbons (Fsp3) is 0.400. The largest absolute Gasteiger partial charge is 0.494 e. The van der Waals surface area contributed by atoms with Crippen LogP contribution in [0.4, 0.5) is 8.78 Å². The maximum Gasteiger partial charge on any atom is 0.387 e. The fourth-order valence-electron chi connectivity index (χ4n) is 3.87. The molecule has 1 fully saturated rings. The lowest BCUT2D eigenvalue weighted by Gasteiger charge is -2.38. The number of carbonyl (C=O) groups excluding carboxylic acids is 1. The van der Waals surface area contributed by atoms with Gasteiger partial charge in [-0.05, 0) is 61.2 Å². The van der Waals surface area contributed by atoms with Crippen molar-refractivity contribution < 1.29 is 32.5 Å². The molecular weight excluding hydrogens is 432 g/mol. The quantitative estimate of drug-likeness (QED) is 0.525. The maximum atomic E-state index is 12.5. The van der Waals surface area contributed by atoms with E-state index in [4.69, 9.17) is 14.2 Å². The summed E-state index contributed by atoms with van der Waals surface area (Å²) in [5.74, 6) is 0.662. The molecule has 1 saturated heterocycles. The molecule has 2 aromatic carbocycles. The zero-order valence-electron chi connectivity index (χ0n) is 18.8. The molecule has 6 nitrogen and oxygen atoms in total. The highest BCUT2D eigenvalue weighted by Crippen LogP contribution is 2.35. The van der Waals surface area contributed by atoms with Gasteiger partial charge in [-0.1, -0.05) is 18.2 Å². The minimum atomic E-state index is -2.95. The van der Waals surface area contributed by atoms with E-state index in [-0.39, 0.29) is 22.8 Å². The highest BCUT2D eigenvalue weighted by atomic mass is 19.3. The first kappa shape index (κ1) is 24.5. The highest BCUT2D eigenvalue weighted by molar-refractivity contribution is 5.91. The highest BCUT2D eigenvalue weighted by Gasteiger charge is 2.34. The van der Waals surface area contributed by atoms with E-state index >= 15 is 0 Å². The topological polar surface area (TPSA) is 66.0 Å². The number of hydrogen-bond acceptors (Lipinski definition) is 5. The monoisotopic (exact) mass is 461 g/mol. The molecule has 1 aliphatic rings.